The van der Waals surface area contributed by atoms with Gasteiger partial charge in [-0.2, -0.15) is 13.2 Å². The Morgan fingerprint density at radius 3 is 2.44 bits per heavy atom. The summed E-state index contributed by atoms with van der Waals surface area (Å²) in [5.74, 6) is -3.19. The van der Waals surface area contributed by atoms with Gasteiger partial charge in [0.1, 0.15) is 11.9 Å². The Morgan fingerprint density at radius 2 is 1.80 bits per heavy atom. The number of alkyl halides is 3. The molecule has 1 aromatic rings. The summed E-state index contributed by atoms with van der Waals surface area (Å²) in [6.45, 7) is 0. The molecule has 1 heterocycles. The molecule has 0 radical (unpaired) electrons. The number of rotatable bonds is 2. The topological polar surface area (TPSA) is 57.6 Å². The first-order valence-electron chi connectivity index (χ1n) is 8.11. The minimum atomic E-state index is -4.79. The van der Waals surface area contributed by atoms with Crippen LogP contribution < -0.4 is 0 Å². The van der Waals surface area contributed by atoms with E-state index in [0.717, 1.165) is 30.2 Å². The summed E-state index contributed by atoms with van der Waals surface area (Å²) in [5, 5.41) is 9.42. The van der Waals surface area contributed by atoms with Gasteiger partial charge in [0.05, 0.1) is 5.56 Å². The summed E-state index contributed by atoms with van der Waals surface area (Å²) in [4.78, 5) is 25.5. The third-order valence-corrected chi connectivity index (χ3v) is 5.08. The van der Waals surface area contributed by atoms with E-state index in [1.165, 1.54) is 0 Å². The van der Waals surface area contributed by atoms with Crippen molar-refractivity contribution in [2.45, 2.75) is 50.4 Å². The van der Waals surface area contributed by atoms with Crippen LogP contribution in [-0.2, 0) is 11.0 Å². The van der Waals surface area contributed by atoms with E-state index in [1.807, 2.05) is 0 Å². The lowest BCUT2D eigenvalue weighted by molar-refractivity contribution is -0.142. The summed E-state index contributed by atoms with van der Waals surface area (Å²) < 4.78 is 52.2. The minimum Gasteiger partial charge on any atom is -0.480 e. The fourth-order valence-electron chi connectivity index (χ4n) is 4.00. The van der Waals surface area contributed by atoms with Crippen LogP contribution in [0, 0.1) is 11.7 Å². The third-order valence-electron chi connectivity index (χ3n) is 5.08. The largest absolute Gasteiger partial charge is 0.480 e. The molecule has 3 rings (SSSR count). The molecule has 2 aliphatic rings. The van der Waals surface area contributed by atoms with Gasteiger partial charge in [0, 0.05) is 11.6 Å². The standard InChI is InChI=1S/C17H17F4NO3/c18-12-6-10(5-11(8-12)17(19,20)21)15(23)22-13-4-2-1-3-9(13)7-14(22)16(24)25/h5-6,8-9,13-14H,1-4,7H2,(H,24,25). The predicted molar refractivity (Wildman–Crippen MR) is 79.4 cm³/mol. The van der Waals surface area contributed by atoms with Gasteiger partial charge < -0.3 is 10.0 Å². The van der Waals surface area contributed by atoms with Gasteiger partial charge in [0.2, 0.25) is 0 Å². The number of hydrogen-bond donors (Lipinski definition) is 1. The molecule has 136 valence electrons. The summed E-state index contributed by atoms with van der Waals surface area (Å²) in [6.07, 6.45) is -1.34. The smallest absolute Gasteiger partial charge is 0.416 e. The number of hydrogen-bond acceptors (Lipinski definition) is 2. The van der Waals surface area contributed by atoms with Crippen molar-refractivity contribution < 1.29 is 32.3 Å². The minimum absolute atomic E-state index is 0.0226. The highest BCUT2D eigenvalue weighted by Crippen LogP contribution is 2.41. The number of likely N-dealkylation sites (tertiary alicyclic amines) is 1. The van der Waals surface area contributed by atoms with Crippen LogP contribution in [0.2, 0.25) is 0 Å². The molecule has 1 aromatic carbocycles. The summed E-state index contributed by atoms with van der Waals surface area (Å²) in [7, 11) is 0. The number of halogens is 4. The van der Waals surface area contributed by atoms with Crippen LogP contribution in [0.4, 0.5) is 17.6 Å². The van der Waals surface area contributed by atoms with Crippen molar-refractivity contribution in [3.63, 3.8) is 0 Å². The molecule has 0 bridgehead atoms. The van der Waals surface area contributed by atoms with E-state index in [2.05, 4.69) is 0 Å². The Labute approximate surface area is 141 Å². The maximum absolute atomic E-state index is 13.6. The van der Waals surface area contributed by atoms with Crippen molar-refractivity contribution >= 4 is 11.9 Å². The molecule has 0 aromatic heterocycles. The van der Waals surface area contributed by atoms with Crippen molar-refractivity contribution in [1.82, 2.24) is 4.90 Å². The number of carboxylic acids is 1. The number of amides is 1. The predicted octanol–water partition coefficient (Wildman–Crippen LogP) is 3.70. The molecule has 8 heteroatoms. The van der Waals surface area contributed by atoms with E-state index in [-0.39, 0.29) is 18.4 Å². The van der Waals surface area contributed by atoms with Gasteiger partial charge >= 0.3 is 12.1 Å². The molecule has 1 aliphatic carbocycles. The first-order valence-corrected chi connectivity index (χ1v) is 8.11. The molecule has 25 heavy (non-hydrogen) atoms. The van der Waals surface area contributed by atoms with Gasteiger partial charge in [0.15, 0.2) is 0 Å². The van der Waals surface area contributed by atoms with E-state index < -0.39 is 41.0 Å². The molecule has 1 saturated carbocycles. The molecule has 1 amide bonds. The molecule has 1 N–H and O–H groups in total. The quantitative estimate of drug-likeness (QED) is 0.819. The number of nitrogens with zero attached hydrogens (tertiary/aromatic N) is 1. The van der Waals surface area contributed by atoms with Gasteiger partial charge in [-0.05, 0) is 43.4 Å². The number of carboxylic acid groups (broad SMARTS) is 1. The summed E-state index contributed by atoms with van der Waals surface area (Å²) in [5.41, 5.74) is -1.73. The number of carbonyl (C=O) groups is 2. The number of carbonyl (C=O) groups excluding carboxylic acids is 1. The second-order valence-corrected chi connectivity index (χ2v) is 6.64. The zero-order valence-corrected chi connectivity index (χ0v) is 13.2. The number of fused-ring (bicyclic) bond motifs is 1. The Hall–Kier alpha value is -2.12. The molecular formula is C17H17F4NO3. The first kappa shape index (κ1) is 17.7. The van der Waals surface area contributed by atoms with Gasteiger partial charge in [-0.3, -0.25) is 4.79 Å². The molecular weight excluding hydrogens is 342 g/mol. The Bertz CT molecular complexity index is 704. The first-order chi connectivity index (χ1) is 11.7. The van der Waals surface area contributed by atoms with Crippen molar-refractivity contribution in [1.29, 1.82) is 0 Å². The fourth-order valence-corrected chi connectivity index (χ4v) is 4.00. The Balaban J connectivity index is 1.98. The van der Waals surface area contributed by atoms with Crippen LogP contribution in [0.5, 0.6) is 0 Å². The van der Waals surface area contributed by atoms with Crippen molar-refractivity contribution in [3.05, 3.63) is 35.1 Å². The Morgan fingerprint density at radius 1 is 1.12 bits per heavy atom. The van der Waals surface area contributed by atoms with Gasteiger partial charge in [-0.1, -0.05) is 12.8 Å². The number of benzene rings is 1. The van der Waals surface area contributed by atoms with E-state index in [4.69, 9.17) is 0 Å². The van der Waals surface area contributed by atoms with Crippen molar-refractivity contribution in [2.75, 3.05) is 0 Å². The van der Waals surface area contributed by atoms with E-state index in [9.17, 15) is 32.3 Å². The average molecular weight is 359 g/mol. The highest BCUT2D eigenvalue weighted by atomic mass is 19.4. The molecule has 0 spiro atoms. The van der Waals surface area contributed by atoms with Crippen LogP contribution in [0.25, 0.3) is 0 Å². The third kappa shape index (κ3) is 3.34. The van der Waals surface area contributed by atoms with Gasteiger partial charge in [-0.15, -0.1) is 0 Å². The summed E-state index contributed by atoms with van der Waals surface area (Å²) >= 11 is 0. The number of aliphatic carboxylic acids is 1. The van der Waals surface area contributed by atoms with Crippen LogP contribution in [0.1, 0.15) is 48.0 Å². The lowest BCUT2D eigenvalue weighted by Gasteiger charge is -2.33. The zero-order chi connectivity index (χ0) is 18.4. The molecule has 3 atom stereocenters. The van der Waals surface area contributed by atoms with E-state index >= 15 is 0 Å². The van der Waals surface area contributed by atoms with Crippen LogP contribution >= 0.6 is 0 Å². The SMILES string of the molecule is O=C(O)C1CC2CCCCC2N1C(=O)c1cc(F)cc(C(F)(F)F)c1. The van der Waals surface area contributed by atoms with Crippen molar-refractivity contribution in [2.24, 2.45) is 5.92 Å². The lowest BCUT2D eigenvalue weighted by atomic mass is 9.84. The highest BCUT2D eigenvalue weighted by Gasteiger charge is 2.48. The van der Waals surface area contributed by atoms with Crippen LogP contribution in [0.15, 0.2) is 18.2 Å². The van der Waals surface area contributed by atoms with E-state index in [1.54, 1.807) is 0 Å². The normalized spacial score (nSPS) is 26.4. The van der Waals surface area contributed by atoms with Gasteiger partial charge in [0.25, 0.3) is 5.91 Å². The molecule has 1 saturated heterocycles. The zero-order valence-electron chi connectivity index (χ0n) is 13.2. The lowest BCUT2D eigenvalue weighted by Crippen LogP contribution is -2.46. The molecule has 2 fully saturated rings. The Kier molecular flexibility index (Phi) is 4.47. The maximum Gasteiger partial charge on any atom is 0.416 e. The maximum atomic E-state index is 13.6. The van der Waals surface area contributed by atoms with Crippen LogP contribution in [0.3, 0.4) is 0 Å². The van der Waals surface area contributed by atoms with Gasteiger partial charge in [-0.25, -0.2) is 9.18 Å². The molecule has 4 nitrogen and oxygen atoms in total. The summed E-state index contributed by atoms with van der Waals surface area (Å²) in [6, 6.07) is 0.226. The molecule has 3 unspecified atom stereocenters. The van der Waals surface area contributed by atoms with Crippen LogP contribution in [-0.4, -0.2) is 34.0 Å². The second-order valence-electron chi connectivity index (χ2n) is 6.64. The monoisotopic (exact) mass is 359 g/mol. The molecule has 1 aliphatic heterocycles. The fraction of sp³-hybridized carbons (Fsp3) is 0.529. The highest BCUT2D eigenvalue weighted by molar-refractivity contribution is 5.97. The second kappa shape index (κ2) is 6.31. The van der Waals surface area contributed by atoms with Crippen molar-refractivity contribution in [3.8, 4) is 0 Å². The average Bonchev–Trinajstić information content (AvgIpc) is 2.92. The van der Waals surface area contributed by atoms with E-state index in [0.29, 0.717) is 18.6 Å².